The van der Waals surface area contributed by atoms with Crippen LogP contribution >= 0.6 is 11.3 Å². The van der Waals surface area contributed by atoms with Crippen molar-refractivity contribution in [2.45, 2.75) is 27.7 Å². The molecule has 0 unspecified atom stereocenters. The highest BCUT2D eigenvalue weighted by molar-refractivity contribution is 7.18. The zero-order valence-corrected chi connectivity index (χ0v) is 11.5. The molecule has 0 aliphatic rings. The van der Waals surface area contributed by atoms with Gasteiger partial charge in [-0.05, 0) is 12.5 Å². The van der Waals surface area contributed by atoms with Crippen LogP contribution in [0.1, 0.15) is 46.4 Å². The zero-order chi connectivity index (χ0) is 13.4. The van der Waals surface area contributed by atoms with E-state index in [0.717, 1.165) is 11.3 Å². The Hall–Kier alpha value is -1.36. The minimum absolute atomic E-state index is 0.0566. The van der Waals surface area contributed by atoms with Gasteiger partial charge in [0.25, 0.3) is 0 Å². The Kier molecular flexibility index (Phi) is 3.62. The molecule has 0 aromatic carbocycles. The largest absolute Gasteiger partial charge is 0.465 e. The van der Waals surface area contributed by atoms with E-state index in [1.54, 1.807) is 6.92 Å². The van der Waals surface area contributed by atoms with Gasteiger partial charge in [-0.15, -0.1) is 11.3 Å². The molecule has 17 heavy (non-hydrogen) atoms. The number of thiophene rings is 1. The molecule has 0 amide bonds. The molecule has 0 atom stereocenters. The van der Waals surface area contributed by atoms with Crippen molar-refractivity contribution in [3.63, 3.8) is 0 Å². The van der Waals surface area contributed by atoms with Gasteiger partial charge < -0.3 is 10.5 Å². The number of hydrogen-bond donors (Lipinski definition) is 1. The summed E-state index contributed by atoms with van der Waals surface area (Å²) in [6, 6.07) is 0. The number of carbonyl (C=O) groups excluding carboxylic acids is 2. The molecule has 94 valence electrons. The fourth-order valence-electron chi connectivity index (χ4n) is 1.48. The van der Waals surface area contributed by atoms with Crippen molar-refractivity contribution in [1.29, 1.82) is 0 Å². The number of nitrogen functional groups attached to an aromatic ring is 1. The quantitative estimate of drug-likeness (QED) is 0.651. The van der Waals surface area contributed by atoms with E-state index >= 15 is 0 Å². The standard InChI is InChI=1S/C12H17NO3S/c1-6-7(9(14)12(2,3)4)10(13)17-8(6)11(15)16-5/h13H2,1-5H3. The van der Waals surface area contributed by atoms with Gasteiger partial charge in [0.2, 0.25) is 0 Å². The number of carbonyl (C=O) groups is 2. The third-order valence-corrected chi connectivity index (χ3v) is 3.55. The highest BCUT2D eigenvalue weighted by Crippen LogP contribution is 2.35. The van der Waals surface area contributed by atoms with Crippen LogP contribution in [0.5, 0.6) is 0 Å². The summed E-state index contributed by atoms with van der Waals surface area (Å²) in [5.74, 6) is -0.508. The van der Waals surface area contributed by atoms with E-state index in [1.807, 2.05) is 20.8 Å². The van der Waals surface area contributed by atoms with E-state index in [-0.39, 0.29) is 5.78 Å². The van der Waals surface area contributed by atoms with E-state index in [9.17, 15) is 9.59 Å². The molecule has 0 saturated carbocycles. The molecule has 4 nitrogen and oxygen atoms in total. The minimum Gasteiger partial charge on any atom is -0.465 e. The van der Waals surface area contributed by atoms with Crippen LogP contribution in [0.3, 0.4) is 0 Å². The van der Waals surface area contributed by atoms with Crippen LogP contribution in [0.4, 0.5) is 5.00 Å². The summed E-state index contributed by atoms with van der Waals surface area (Å²) in [4.78, 5) is 24.1. The molecular weight excluding hydrogens is 238 g/mol. The average Bonchev–Trinajstić information content (AvgIpc) is 2.51. The number of esters is 1. The summed E-state index contributed by atoms with van der Waals surface area (Å²) in [6.07, 6.45) is 0. The Morgan fingerprint density at radius 3 is 2.24 bits per heavy atom. The predicted molar refractivity (Wildman–Crippen MR) is 68.6 cm³/mol. The third-order valence-electron chi connectivity index (χ3n) is 2.45. The SMILES string of the molecule is COC(=O)c1sc(N)c(C(=O)C(C)(C)C)c1C. The summed E-state index contributed by atoms with van der Waals surface area (Å²) in [5, 5.41) is 0.378. The van der Waals surface area contributed by atoms with Gasteiger partial charge >= 0.3 is 5.97 Å². The Morgan fingerprint density at radius 2 is 1.82 bits per heavy atom. The van der Waals surface area contributed by atoms with Gasteiger partial charge in [0.1, 0.15) is 4.88 Å². The van der Waals surface area contributed by atoms with Crippen molar-refractivity contribution >= 4 is 28.1 Å². The Labute approximate surface area is 105 Å². The van der Waals surface area contributed by atoms with E-state index in [2.05, 4.69) is 4.74 Å². The normalized spacial score (nSPS) is 11.4. The average molecular weight is 255 g/mol. The third kappa shape index (κ3) is 2.49. The van der Waals surface area contributed by atoms with Gasteiger partial charge in [-0.3, -0.25) is 4.79 Å². The molecule has 1 heterocycles. The molecule has 0 aliphatic heterocycles. The van der Waals surface area contributed by atoms with Crippen molar-refractivity contribution < 1.29 is 14.3 Å². The van der Waals surface area contributed by atoms with E-state index in [1.165, 1.54) is 7.11 Å². The molecule has 2 N–H and O–H groups in total. The maximum atomic E-state index is 12.2. The molecule has 0 radical (unpaired) electrons. The summed E-state index contributed by atoms with van der Waals surface area (Å²) in [6.45, 7) is 7.19. The first-order valence-electron chi connectivity index (χ1n) is 5.22. The summed E-state index contributed by atoms with van der Waals surface area (Å²) >= 11 is 1.10. The van der Waals surface area contributed by atoms with Crippen LogP contribution in [0.25, 0.3) is 0 Å². The maximum absolute atomic E-state index is 12.2. The number of rotatable bonds is 2. The highest BCUT2D eigenvalue weighted by atomic mass is 32.1. The van der Waals surface area contributed by atoms with Crippen LogP contribution in [0.2, 0.25) is 0 Å². The Balaban J connectivity index is 3.33. The van der Waals surface area contributed by atoms with Gasteiger partial charge in [-0.1, -0.05) is 20.8 Å². The molecular formula is C12H17NO3S. The number of nitrogens with two attached hydrogens (primary N) is 1. The lowest BCUT2D eigenvalue weighted by Crippen LogP contribution is -2.21. The molecule has 0 aliphatic carbocycles. The first-order valence-corrected chi connectivity index (χ1v) is 6.03. The van der Waals surface area contributed by atoms with Crippen molar-refractivity contribution in [3.05, 3.63) is 16.0 Å². The van der Waals surface area contributed by atoms with Crippen LogP contribution in [0.15, 0.2) is 0 Å². The monoisotopic (exact) mass is 255 g/mol. The number of Topliss-reactive ketones (excluding diaryl/α,β-unsaturated/α-hetero) is 1. The van der Waals surface area contributed by atoms with Gasteiger partial charge in [0.05, 0.1) is 17.7 Å². The van der Waals surface area contributed by atoms with Gasteiger partial charge in [-0.25, -0.2) is 4.79 Å². The lowest BCUT2D eigenvalue weighted by atomic mass is 9.85. The lowest BCUT2D eigenvalue weighted by Gasteiger charge is -2.16. The molecule has 0 saturated heterocycles. The van der Waals surface area contributed by atoms with Gasteiger partial charge in [-0.2, -0.15) is 0 Å². The maximum Gasteiger partial charge on any atom is 0.348 e. The van der Waals surface area contributed by atoms with Crippen molar-refractivity contribution in [2.75, 3.05) is 12.8 Å². The molecule has 1 aromatic heterocycles. The summed E-state index contributed by atoms with van der Waals surface area (Å²) < 4.78 is 4.66. The molecule has 1 aromatic rings. The van der Waals surface area contributed by atoms with E-state index in [4.69, 9.17) is 5.73 Å². The number of anilines is 1. The molecule has 0 spiro atoms. The van der Waals surface area contributed by atoms with Crippen molar-refractivity contribution in [2.24, 2.45) is 5.41 Å². The smallest absolute Gasteiger partial charge is 0.348 e. The van der Waals surface area contributed by atoms with Crippen LogP contribution in [-0.4, -0.2) is 18.9 Å². The van der Waals surface area contributed by atoms with Crippen molar-refractivity contribution in [1.82, 2.24) is 0 Å². The Morgan fingerprint density at radius 1 is 1.29 bits per heavy atom. The first-order chi connectivity index (χ1) is 7.70. The second-order valence-corrected chi connectivity index (χ2v) is 5.92. The Bertz CT molecular complexity index is 469. The van der Waals surface area contributed by atoms with E-state index < -0.39 is 11.4 Å². The number of ketones is 1. The van der Waals surface area contributed by atoms with Crippen LogP contribution in [0, 0.1) is 12.3 Å². The van der Waals surface area contributed by atoms with Crippen LogP contribution < -0.4 is 5.73 Å². The lowest BCUT2D eigenvalue weighted by molar-refractivity contribution is 0.0605. The number of methoxy groups -OCH3 is 1. The predicted octanol–water partition coefficient (Wildman–Crippen LogP) is 2.65. The summed E-state index contributed by atoms with van der Waals surface area (Å²) in [7, 11) is 1.31. The van der Waals surface area contributed by atoms with Crippen molar-refractivity contribution in [3.8, 4) is 0 Å². The minimum atomic E-state index is -0.520. The first kappa shape index (κ1) is 13.7. The topological polar surface area (TPSA) is 69.4 Å². The number of hydrogen-bond acceptors (Lipinski definition) is 5. The summed E-state index contributed by atoms with van der Waals surface area (Å²) in [5.41, 5.74) is 6.36. The van der Waals surface area contributed by atoms with Crippen LogP contribution in [-0.2, 0) is 4.74 Å². The number of ether oxygens (including phenoxy) is 1. The fraction of sp³-hybridized carbons (Fsp3) is 0.500. The second kappa shape index (κ2) is 4.49. The molecule has 5 heteroatoms. The molecule has 1 rings (SSSR count). The zero-order valence-electron chi connectivity index (χ0n) is 10.7. The van der Waals surface area contributed by atoms with Gasteiger partial charge in [0.15, 0.2) is 5.78 Å². The van der Waals surface area contributed by atoms with Gasteiger partial charge in [0, 0.05) is 5.41 Å². The van der Waals surface area contributed by atoms with E-state index in [0.29, 0.717) is 21.0 Å². The second-order valence-electron chi connectivity index (χ2n) is 4.87. The fourth-order valence-corrected chi connectivity index (χ4v) is 2.47. The molecule has 0 fully saturated rings. The highest BCUT2D eigenvalue weighted by Gasteiger charge is 2.30. The molecule has 0 bridgehead atoms.